The van der Waals surface area contributed by atoms with Crippen molar-refractivity contribution in [3.63, 3.8) is 0 Å². The number of urea groups is 1. The largest absolute Gasteiger partial charge is 0.364 e. The molecule has 2 atom stereocenters. The second-order valence-corrected chi connectivity index (χ2v) is 9.18. The summed E-state index contributed by atoms with van der Waals surface area (Å²) in [6.07, 6.45) is 5.33. The highest BCUT2D eigenvalue weighted by Crippen LogP contribution is 2.25. The molecule has 34 heavy (non-hydrogen) atoms. The number of nitrogens with one attached hydrogen (secondary N) is 5. The number of halogens is 1. The van der Waals surface area contributed by atoms with Gasteiger partial charge in [0, 0.05) is 29.6 Å². The molecule has 2 unspecified atom stereocenters. The molecule has 8 heteroatoms. The minimum atomic E-state index is -0.175. The van der Waals surface area contributed by atoms with Crippen LogP contribution in [0.4, 0.5) is 21.9 Å². The summed E-state index contributed by atoms with van der Waals surface area (Å²) < 4.78 is 0. The van der Waals surface area contributed by atoms with Crippen molar-refractivity contribution < 1.29 is 4.79 Å². The number of carbonyl (C=O) groups excluding carboxylic acids is 1. The van der Waals surface area contributed by atoms with Crippen LogP contribution in [-0.4, -0.2) is 37.2 Å². The van der Waals surface area contributed by atoms with E-state index in [0.29, 0.717) is 10.9 Å². The van der Waals surface area contributed by atoms with Gasteiger partial charge in [0.25, 0.3) is 0 Å². The van der Waals surface area contributed by atoms with Crippen LogP contribution in [0.5, 0.6) is 0 Å². The van der Waals surface area contributed by atoms with E-state index in [9.17, 15) is 4.79 Å². The van der Waals surface area contributed by atoms with Crippen LogP contribution in [0.2, 0.25) is 0 Å². The third-order valence-electron chi connectivity index (χ3n) is 6.04. The molecule has 2 aliphatic heterocycles. The van der Waals surface area contributed by atoms with Gasteiger partial charge in [-0.1, -0.05) is 29.8 Å². The number of amides is 2. The van der Waals surface area contributed by atoms with Gasteiger partial charge in [0.1, 0.15) is 12.0 Å². The summed E-state index contributed by atoms with van der Waals surface area (Å²) in [5, 5.41) is 16.8. The van der Waals surface area contributed by atoms with Crippen LogP contribution in [0.25, 0.3) is 0 Å². The van der Waals surface area contributed by atoms with Gasteiger partial charge >= 0.3 is 6.03 Å². The Morgan fingerprint density at radius 1 is 1.18 bits per heavy atom. The molecule has 0 aliphatic carbocycles. The van der Waals surface area contributed by atoms with Crippen molar-refractivity contribution in [2.75, 3.05) is 29.0 Å². The predicted octanol–water partition coefficient (Wildman–Crippen LogP) is 5.07. The highest BCUT2D eigenvalue weighted by atomic mass is 35.5. The van der Waals surface area contributed by atoms with Crippen LogP contribution in [0.1, 0.15) is 37.8 Å². The average Bonchev–Trinajstić information content (AvgIpc) is 2.84. The Balaban J connectivity index is 1.62. The standard InChI is InChI=1S/C26H33ClN6O/c1-3-23(27)25-30-17(2)29-20-7-4-6-18(14-20)9-10-19-15-21(31-25)11-12-24(19)33-26(34)32-22-8-5-13-28-16-22/h3-4,6-7,11-12,14-15,17,22,28-29H,5,8-10,13,16H2,1-2H3,(H,30,31)(H2,32,33,34)/b23-3+. The third-order valence-corrected chi connectivity index (χ3v) is 6.43. The van der Waals surface area contributed by atoms with Gasteiger partial charge in [0.15, 0.2) is 0 Å². The molecule has 7 nitrogen and oxygen atoms in total. The van der Waals surface area contributed by atoms with Crippen LogP contribution >= 0.6 is 11.6 Å². The Labute approximate surface area is 206 Å². The van der Waals surface area contributed by atoms with Crippen molar-refractivity contribution in [2.24, 2.45) is 4.99 Å². The quantitative estimate of drug-likeness (QED) is 0.424. The Morgan fingerprint density at radius 3 is 2.85 bits per heavy atom. The zero-order chi connectivity index (χ0) is 23.9. The molecule has 2 amide bonds. The van der Waals surface area contributed by atoms with Gasteiger partial charge in [-0.3, -0.25) is 0 Å². The number of benzene rings is 2. The molecule has 0 radical (unpaired) electrons. The number of hydrogen-bond acceptors (Lipinski definition) is 5. The topological polar surface area (TPSA) is 89.6 Å². The van der Waals surface area contributed by atoms with E-state index in [1.807, 2.05) is 44.2 Å². The molecule has 4 rings (SSSR count). The van der Waals surface area contributed by atoms with Crippen LogP contribution in [-0.2, 0) is 12.8 Å². The number of amidine groups is 1. The van der Waals surface area contributed by atoms with Gasteiger partial charge in [-0.15, -0.1) is 0 Å². The number of nitrogens with zero attached hydrogens (tertiary/aromatic N) is 1. The van der Waals surface area contributed by atoms with Crippen LogP contribution < -0.4 is 26.6 Å². The summed E-state index contributed by atoms with van der Waals surface area (Å²) in [5.41, 5.74) is 4.95. The number of aliphatic imine (C=N–C) groups is 1. The summed E-state index contributed by atoms with van der Waals surface area (Å²) in [7, 11) is 0. The predicted molar refractivity (Wildman–Crippen MR) is 142 cm³/mol. The minimum Gasteiger partial charge on any atom is -0.364 e. The number of hydrogen-bond donors (Lipinski definition) is 5. The Bertz CT molecular complexity index is 1080. The molecule has 0 spiro atoms. The highest BCUT2D eigenvalue weighted by Gasteiger charge is 2.17. The fraction of sp³-hybridized carbons (Fsp3) is 0.385. The first-order valence-electron chi connectivity index (χ1n) is 11.9. The maximum Gasteiger partial charge on any atom is 0.319 e. The lowest BCUT2D eigenvalue weighted by Gasteiger charge is -2.24. The Kier molecular flexibility index (Phi) is 8.08. The van der Waals surface area contributed by atoms with Gasteiger partial charge in [-0.25, -0.2) is 9.79 Å². The Morgan fingerprint density at radius 2 is 2.06 bits per heavy atom. The number of fused-ring (bicyclic) bond motifs is 4. The molecule has 0 saturated carbocycles. The van der Waals surface area contributed by atoms with E-state index >= 15 is 0 Å². The van der Waals surface area contributed by atoms with Crippen molar-refractivity contribution >= 4 is 40.5 Å². The first kappa shape index (κ1) is 24.1. The average molecular weight is 481 g/mol. The molecule has 2 aromatic rings. The summed E-state index contributed by atoms with van der Waals surface area (Å²) in [4.78, 5) is 17.5. The number of rotatable bonds is 3. The molecule has 2 aliphatic rings. The van der Waals surface area contributed by atoms with Gasteiger partial charge < -0.3 is 26.6 Å². The third kappa shape index (κ3) is 6.52. The maximum absolute atomic E-state index is 12.7. The molecule has 2 aromatic carbocycles. The van der Waals surface area contributed by atoms with E-state index in [1.165, 1.54) is 5.56 Å². The molecular formula is C26H33ClN6O. The number of allylic oxidation sites excluding steroid dienone is 1. The van der Waals surface area contributed by atoms with Crippen LogP contribution in [0.3, 0.4) is 0 Å². The van der Waals surface area contributed by atoms with Gasteiger partial charge in [0.2, 0.25) is 0 Å². The molecule has 1 saturated heterocycles. The first-order chi connectivity index (χ1) is 16.5. The van der Waals surface area contributed by atoms with E-state index in [-0.39, 0.29) is 18.2 Å². The minimum absolute atomic E-state index is 0.152. The van der Waals surface area contributed by atoms with Crippen molar-refractivity contribution in [3.8, 4) is 0 Å². The fourth-order valence-electron chi connectivity index (χ4n) is 4.31. The van der Waals surface area contributed by atoms with E-state index in [0.717, 1.165) is 61.4 Å². The fourth-order valence-corrected chi connectivity index (χ4v) is 4.40. The number of aryl methyl sites for hydroxylation is 2. The second-order valence-electron chi connectivity index (χ2n) is 8.77. The molecule has 4 bridgehead atoms. The summed E-state index contributed by atoms with van der Waals surface area (Å²) in [6, 6.07) is 14.3. The maximum atomic E-state index is 12.7. The Hall–Kier alpha value is -3.03. The monoisotopic (exact) mass is 480 g/mol. The lowest BCUT2D eigenvalue weighted by atomic mass is 10.0. The number of anilines is 3. The molecule has 1 fully saturated rings. The van der Waals surface area contributed by atoms with Crippen LogP contribution in [0, 0.1) is 0 Å². The second kappa shape index (κ2) is 11.4. The first-order valence-corrected chi connectivity index (χ1v) is 12.3. The zero-order valence-electron chi connectivity index (χ0n) is 19.7. The van der Waals surface area contributed by atoms with E-state index < -0.39 is 0 Å². The smallest absolute Gasteiger partial charge is 0.319 e. The van der Waals surface area contributed by atoms with E-state index in [2.05, 4.69) is 44.8 Å². The van der Waals surface area contributed by atoms with Crippen molar-refractivity contribution in [1.29, 1.82) is 0 Å². The van der Waals surface area contributed by atoms with Gasteiger partial charge in [0.05, 0.1) is 5.03 Å². The molecule has 180 valence electrons. The summed E-state index contributed by atoms with van der Waals surface area (Å²) >= 11 is 6.47. The zero-order valence-corrected chi connectivity index (χ0v) is 20.5. The van der Waals surface area contributed by atoms with Crippen LogP contribution in [0.15, 0.2) is 58.6 Å². The van der Waals surface area contributed by atoms with Crippen molar-refractivity contribution in [1.82, 2.24) is 10.6 Å². The van der Waals surface area contributed by atoms with E-state index in [1.54, 1.807) is 0 Å². The van der Waals surface area contributed by atoms with Crippen molar-refractivity contribution in [3.05, 3.63) is 64.7 Å². The van der Waals surface area contributed by atoms with Gasteiger partial charge in [-0.2, -0.15) is 0 Å². The lowest BCUT2D eigenvalue weighted by Crippen LogP contribution is -2.47. The SMILES string of the molecule is C/C=C(Cl)\C1=N/C(C)Nc2cccc(c2)CCc2cc(ccc2NC(=O)NC2CCCNC2)N1. The molecule has 2 heterocycles. The molecule has 0 aromatic heterocycles. The number of carbonyl (C=O) groups is 1. The highest BCUT2D eigenvalue weighted by molar-refractivity contribution is 6.44. The van der Waals surface area contributed by atoms with E-state index in [4.69, 9.17) is 16.6 Å². The molecule has 5 N–H and O–H groups in total. The van der Waals surface area contributed by atoms with Gasteiger partial charge in [-0.05, 0) is 87.5 Å². The normalized spacial score (nSPS) is 22.4. The summed E-state index contributed by atoms with van der Waals surface area (Å²) in [6.45, 7) is 5.69. The number of piperidine rings is 1. The molecular weight excluding hydrogens is 448 g/mol. The summed E-state index contributed by atoms with van der Waals surface area (Å²) in [5.74, 6) is 0.591. The van der Waals surface area contributed by atoms with Crippen molar-refractivity contribution in [2.45, 2.75) is 51.7 Å². The lowest BCUT2D eigenvalue weighted by molar-refractivity contribution is 0.245.